The predicted octanol–water partition coefficient (Wildman–Crippen LogP) is 1.98. The maximum absolute atomic E-state index is 12.0. The molecular weight excluding hydrogens is 155 g/mol. The zero-order valence-corrected chi connectivity index (χ0v) is 5.99. The minimum atomic E-state index is -4.25. The second kappa shape index (κ2) is 2.83. The van der Waals surface area contributed by atoms with Crippen molar-refractivity contribution in [1.29, 1.82) is 0 Å². The number of nitrogens with zero attached hydrogens (tertiary/aromatic N) is 1. The molecule has 1 aliphatic carbocycles. The number of halogens is 3. The quantitative estimate of drug-likeness (QED) is 0.522. The van der Waals surface area contributed by atoms with Crippen LogP contribution >= 0.6 is 0 Å². The van der Waals surface area contributed by atoms with Gasteiger partial charge in [-0.2, -0.15) is 18.6 Å². The molecule has 0 saturated heterocycles. The average molecular weight is 164 g/mol. The Kier molecular flexibility index (Phi) is 2.20. The van der Waals surface area contributed by atoms with E-state index in [4.69, 9.17) is 5.41 Å². The van der Waals surface area contributed by atoms with Gasteiger partial charge in [-0.3, -0.25) is 0 Å². The summed E-state index contributed by atoms with van der Waals surface area (Å²) in [5, 5.41) is 8.90. The third-order valence-corrected chi connectivity index (χ3v) is 1.97. The Labute approximate surface area is 63.1 Å². The lowest BCUT2D eigenvalue weighted by Crippen LogP contribution is -2.33. The Morgan fingerprint density at radius 2 is 1.91 bits per heavy atom. The molecular formula is C7H9F3N. The summed E-state index contributed by atoms with van der Waals surface area (Å²) < 4.78 is 36.0. The van der Waals surface area contributed by atoms with Gasteiger partial charge in [-0.25, -0.2) is 0 Å². The zero-order valence-electron chi connectivity index (χ0n) is 5.99. The van der Waals surface area contributed by atoms with Crippen molar-refractivity contribution in [3.8, 4) is 0 Å². The third kappa shape index (κ3) is 1.94. The van der Waals surface area contributed by atoms with Crippen molar-refractivity contribution in [1.82, 2.24) is 5.41 Å². The van der Waals surface area contributed by atoms with Gasteiger partial charge in [0.05, 0.1) is 11.6 Å². The van der Waals surface area contributed by atoms with Gasteiger partial charge < -0.3 is 0 Å². The van der Waals surface area contributed by atoms with Crippen molar-refractivity contribution in [2.45, 2.75) is 31.9 Å². The number of rotatable bonds is 0. The van der Waals surface area contributed by atoms with E-state index in [0.717, 1.165) is 0 Å². The lowest BCUT2D eigenvalue weighted by molar-refractivity contribution is -0.158. The predicted molar refractivity (Wildman–Crippen MR) is 35.2 cm³/mol. The molecule has 0 spiro atoms. The first-order valence-corrected chi connectivity index (χ1v) is 3.63. The van der Waals surface area contributed by atoms with Crippen molar-refractivity contribution in [2.75, 3.05) is 0 Å². The first-order chi connectivity index (χ1) is 5.02. The number of hydrogen-bond acceptors (Lipinski definition) is 0. The first-order valence-electron chi connectivity index (χ1n) is 3.63. The summed E-state index contributed by atoms with van der Waals surface area (Å²) in [5.74, 6) is -1.56. The van der Waals surface area contributed by atoms with Crippen LogP contribution in [0.25, 0.3) is 0 Å². The molecule has 1 aliphatic rings. The summed E-state index contributed by atoms with van der Waals surface area (Å²) in [5.41, 5.74) is -0.385. The van der Waals surface area contributed by atoms with Crippen LogP contribution < -0.4 is 5.41 Å². The summed E-state index contributed by atoms with van der Waals surface area (Å²) >= 11 is 0. The molecule has 1 radical (unpaired) electrons. The molecule has 0 aromatic rings. The number of hydrogen-bond donors (Lipinski definition) is 0. The molecule has 0 bridgehead atoms. The normalized spacial score (nSPS) is 27.2. The van der Waals surface area contributed by atoms with Gasteiger partial charge >= 0.3 is 6.18 Å². The first kappa shape index (κ1) is 8.56. The van der Waals surface area contributed by atoms with Gasteiger partial charge in [0.2, 0.25) is 0 Å². The molecule has 1 saturated carbocycles. The molecule has 0 aromatic carbocycles. The van der Waals surface area contributed by atoms with Crippen LogP contribution in [0, 0.1) is 5.92 Å². The fourth-order valence-electron chi connectivity index (χ4n) is 1.35. The Balaban J connectivity index is 2.62. The second-order valence-corrected chi connectivity index (χ2v) is 2.83. The highest BCUT2D eigenvalue weighted by atomic mass is 19.4. The van der Waals surface area contributed by atoms with Crippen LogP contribution in [0.4, 0.5) is 13.2 Å². The van der Waals surface area contributed by atoms with Crippen LogP contribution in [-0.2, 0) is 0 Å². The van der Waals surface area contributed by atoms with Crippen LogP contribution in [0.5, 0.6) is 0 Å². The monoisotopic (exact) mass is 164 g/mol. The lowest BCUT2D eigenvalue weighted by Gasteiger charge is -2.24. The highest BCUT2D eigenvalue weighted by molar-refractivity contribution is 5.85. The van der Waals surface area contributed by atoms with E-state index in [0.29, 0.717) is 12.8 Å². The highest BCUT2D eigenvalue weighted by Gasteiger charge is 2.43. The molecule has 1 fully saturated rings. The van der Waals surface area contributed by atoms with Crippen LogP contribution in [0.3, 0.4) is 0 Å². The minimum Gasteiger partial charge on any atom is -0.170 e. The molecule has 0 aliphatic heterocycles. The van der Waals surface area contributed by atoms with Gasteiger partial charge in [-0.1, -0.05) is 6.42 Å². The molecule has 11 heavy (non-hydrogen) atoms. The standard InChI is InChI=1S/C7H9F3N/c8-7(9,10)5-3-1-2-4-6(5)11/h5H,1-4H2. The third-order valence-electron chi connectivity index (χ3n) is 1.97. The van der Waals surface area contributed by atoms with E-state index in [2.05, 4.69) is 0 Å². The number of alkyl halides is 3. The summed E-state index contributed by atoms with van der Waals surface area (Å²) in [6.07, 6.45) is -2.74. The van der Waals surface area contributed by atoms with Gasteiger partial charge in [0, 0.05) is 0 Å². The molecule has 0 aromatic heterocycles. The molecule has 4 heteroatoms. The van der Waals surface area contributed by atoms with Crippen LogP contribution in [0.1, 0.15) is 25.7 Å². The van der Waals surface area contributed by atoms with Gasteiger partial charge in [0.25, 0.3) is 0 Å². The highest BCUT2D eigenvalue weighted by Crippen LogP contribution is 2.34. The van der Waals surface area contributed by atoms with E-state index in [1.165, 1.54) is 0 Å². The fourth-order valence-corrected chi connectivity index (χ4v) is 1.35. The average Bonchev–Trinajstić information content (AvgIpc) is 1.86. The Bertz CT molecular complexity index is 162. The van der Waals surface area contributed by atoms with Crippen molar-refractivity contribution in [2.24, 2.45) is 5.92 Å². The Morgan fingerprint density at radius 1 is 1.27 bits per heavy atom. The fraction of sp³-hybridized carbons (Fsp3) is 0.857. The molecule has 1 unspecified atom stereocenters. The zero-order chi connectivity index (χ0) is 8.48. The summed E-state index contributed by atoms with van der Waals surface area (Å²) in [7, 11) is 0. The van der Waals surface area contributed by atoms with Crippen LogP contribution in [0.15, 0.2) is 0 Å². The molecule has 1 nitrogen and oxygen atoms in total. The van der Waals surface area contributed by atoms with Gasteiger partial charge in [-0.15, -0.1) is 0 Å². The maximum atomic E-state index is 12.0. The largest absolute Gasteiger partial charge is 0.396 e. The lowest BCUT2D eigenvalue weighted by atomic mass is 9.87. The van der Waals surface area contributed by atoms with E-state index in [9.17, 15) is 13.2 Å². The Hall–Kier alpha value is -0.540. The van der Waals surface area contributed by atoms with Crippen molar-refractivity contribution in [3.63, 3.8) is 0 Å². The van der Waals surface area contributed by atoms with Gasteiger partial charge in [-0.05, 0) is 19.3 Å². The maximum Gasteiger partial charge on any atom is 0.396 e. The molecule has 0 heterocycles. The molecule has 1 rings (SSSR count). The molecule has 0 amide bonds. The van der Waals surface area contributed by atoms with E-state index in [1.807, 2.05) is 0 Å². The van der Waals surface area contributed by atoms with Crippen molar-refractivity contribution in [3.05, 3.63) is 0 Å². The van der Waals surface area contributed by atoms with Crippen molar-refractivity contribution < 1.29 is 13.2 Å². The van der Waals surface area contributed by atoms with E-state index in [1.54, 1.807) is 0 Å². The van der Waals surface area contributed by atoms with Gasteiger partial charge in [0.1, 0.15) is 0 Å². The summed E-state index contributed by atoms with van der Waals surface area (Å²) in [6, 6.07) is 0. The van der Waals surface area contributed by atoms with E-state index >= 15 is 0 Å². The molecule has 63 valence electrons. The van der Waals surface area contributed by atoms with Crippen LogP contribution in [-0.4, -0.2) is 11.9 Å². The van der Waals surface area contributed by atoms with E-state index < -0.39 is 12.1 Å². The Morgan fingerprint density at radius 3 is 2.27 bits per heavy atom. The van der Waals surface area contributed by atoms with Gasteiger partial charge in [0.15, 0.2) is 0 Å². The SMILES string of the molecule is [N]=C1CCCCC1C(F)(F)F. The molecule has 0 N–H and O–H groups in total. The second-order valence-electron chi connectivity index (χ2n) is 2.83. The van der Waals surface area contributed by atoms with Crippen LogP contribution in [0.2, 0.25) is 0 Å². The van der Waals surface area contributed by atoms with E-state index in [-0.39, 0.29) is 18.6 Å². The van der Waals surface area contributed by atoms with Crippen molar-refractivity contribution >= 4 is 5.71 Å². The summed E-state index contributed by atoms with van der Waals surface area (Å²) in [4.78, 5) is 0. The minimum absolute atomic E-state index is 0.0509. The smallest absolute Gasteiger partial charge is 0.170 e. The topological polar surface area (TPSA) is 22.3 Å². The summed E-state index contributed by atoms with van der Waals surface area (Å²) in [6.45, 7) is 0. The molecule has 1 atom stereocenters.